The van der Waals surface area contributed by atoms with E-state index in [-0.39, 0.29) is 21.8 Å². The second kappa shape index (κ2) is 8.20. The highest BCUT2D eigenvalue weighted by Gasteiger charge is 2.29. The summed E-state index contributed by atoms with van der Waals surface area (Å²) in [5.41, 5.74) is 2.04. The highest BCUT2D eigenvalue weighted by atomic mass is 32.2. The number of aromatic nitrogens is 2. The van der Waals surface area contributed by atoms with Crippen molar-refractivity contribution in [3.63, 3.8) is 0 Å². The molecule has 0 amide bonds. The molecule has 0 bridgehead atoms. The Morgan fingerprint density at radius 3 is 2.34 bits per heavy atom. The van der Waals surface area contributed by atoms with Gasteiger partial charge in [-0.3, -0.25) is 0 Å². The van der Waals surface area contributed by atoms with Gasteiger partial charge in [-0.05, 0) is 44.4 Å². The van der Waals surface area contributed by atoms with E-state index in [1.807, 2.05) is 18.4 Å². The summed E-state index contributed by atoms with van der Waals surface area (Å²) < 4.78 is 54.3. The van der Waals surface area contributed by atoms with Gasteiger partial charge in [0.25, 0.3) is 0 Å². The fraction of sp³-hybridized carbons (Fsp3) is 0.550. The minimum absolute atomic E-state index is 0.0817. The molecule has 1 aromatic heterocycles. The zero-order valence-corrected chi connectivity index (χ0v) is 19.1. The third-order valence-corrected chi connectivity index (χ3v) is 8.97. The smallest absolute Gasteiger partial charge is 0.242 e. The zero-order valence-electron chi connectivity index (χ0n) is 17.4. The molecule has 1 aromatic carbocycles. The molecular formula is C20H29N3O4S2. The van der Waals surface area contributed by atoms with E-state index in [2.05, 4.69) is 4.98 Å². The number of sulfonamides is 1. The lowest BCUT2D eigenvalue weighted by molar-refractivity contribution is 0.329. The van der Waals surface area contributed by atoms with Crippen LogP contribution in [0.2, 0.25) is 0 Å². The fourth-order valence-electron chi connectivity index (χ4n) is 3.88. The number of nitrogens with zero attached hydrogens (tertiary/aromatic N) is 3. The van der Waals surface area contributed by atoms with Gasteiger partial charge in [-0.25, -0.2) is 26.1 Å². The Balaban J connectivity index is 1.98. The van der Waals surface area contributed by atoms with Crippen LogP contribution >= 0.6 is 0 Å². The second-order valence-corrected chi connectivity index (χ2v) is 12.0. The van der Waals surface area contributed by atoms with Gasteiger partial charge in [-0.1, -0.05) is 31.4 Å². The fourth-order valence-corrected chi connectivity index (χ4v) is 6.46. The largest absolute Gasteiger partial charge is 0.316 e. The molecule has 0 spiro atoms. The van der Waals surface area contributed by atoms with Crippen LogP contribution in [0, 0.1) is 13.8 Å². The van der Waals surface area contributed by atoms with E-state index in [0.29, 0.717) is 5.56 Å². The molecule has 0 atom stereocenters. The van der Waals surface area contributed by atoms with Crippen molar-refractivity contribution in [1.29, 1.82) is 0 Å². The first-order valence-electron chi connectivity index (χ1n) is 9.83. The lowest BCUT2D eigenvalue weighted by atomic mass is 9.95. The molecule has 29 heavy (non-hydrogen) atoms. The van der Waals surface area contributed by atoms with Crippen LogP contribution in [0.3, 0.4) is 0 Å². The van der Waals surface area contributed by atoms with Gasteiger partial charge in [0.1, 0.15) is 0 Å². The van der Waals surface area contributed by atoms with Crippen LogP contribution in [0.15, 0.2) is 34.3 Å². The van der Waals surface area contributed by atoms with Crippen LogP contribution in [-0.2, 0) is 25.6 Å². The first-order valence-corrected chi connectivity index (χ1v) is 12.9. The van der Waals surface area contributed by atoms with Crippen LogP contribution in [-0.4, -0.2) is 44.8 Å². The molecule has 3 rings (SSSR count). The summed E-state index contributed by atoms with van der Waals surface area (Å²) >= 11 is 0. The summed E-state index contributed by atoms with van der Waals surface area (Å²) in [6, 6.07) is 6.27. The van der Waals surface area contributed by atoms with Crippen molar-refractivity contribution in [2.45, 2.75) is 67.8 Å². The molecule has 9 heteroatoms. The first kappa shape index (κ1) is 22.0. The molecule has 1 aliphatic rings. The Hall–Kier alpha value is -1.71. The third-order valence-electron chi connectivity index (χ3n) is 5.61. The molecule has 0 unspecified atom stereocenters. The summed E-state index contributed by atoms with van der Waals surface area (Å²) in [5, 5.41) is 0.0975. The van der Waals surface area contributed by atoms with E-state index < -0.39 is 19.9 Å². The van der Waals surface area contributed by atoms with E-state index in [0.717, 1.165) is 41.4 Å². The monoisotopic (exact) mass is 439 g/mol. The standard InChI is InChI=1S/C20H29N3O4S2/c1-15-16(2)23(18-10-6-5-7-11-18)20(21-15)28(24,25)14-17-9-8-12-19(13-17)29(26,27)22(3)4/h8-9,12-13,18H,5-7,10-11,14H2,1-4H3. The van der Waals surface area contributed by atoms with Gasteiger partial charge in [0.15, 0.2) is 0 Å². The third kappa shape index (κ3) is 4.41. The molecule has 0 radical (unpaired) electrons. The van der Waals surface area contributed by atoms with Gasteiger partial charge in [0, 0.05) is 25.8 Å². The van der Waals surface area contributed by atoms with Crippen LogP contribution in [0.1, 0.15) is 55.1 Å². The number of benzene rings is 1. The minimum Gasteiger partial charge on any atom is -0.316 e. The lowest BCUT2D eigenvalue weighted by Gasteiger charge is -2.26. The zero-order chi connectivity index (χ0) is 21.4. The quantitative estimate of drug-likeness (QED) is 0.689. The van der Waals surface area contributed by atoms with Gasteiger partial charge < -0.3 is 4.57 Å². The van der Waals surface area contributed by atoms with Gasteiger partial charge in [-0.15, -0.1) is 0 Å². The number of hydrogen-bond donors (Lipinski definition) is 0. The Morgan fingerprint density at radius 1 is 1.07 bits per heavy atom. The molecule has 0 aliphatic heterocycles. The maximum atomic E-state index is 13.3. The Bertz CT molecular complexity index is 1100. The summed E-state index contributed by atoms with van der Waals surface area (Å²) in [6.07, 6.45) is 5.26. The van der Waals surface area contributed by atoms with Crippen molar-refractivity contribution in [1.82, 2.24) is 13.9 Å². The molecule has 160 valence electrons. The normalized spacial score (nSPS) is 16.4. The van der Waals surface area contributed by atoms with E-state index in [4.69, 9.17) is 0 Å². The summed E-state index contributed by atoms with van der Waals surface area (Å²) in [4.78, 5) is 4.48. The molecule has 0 saturated heterocycles. The van der Waals surface area contributed by atoms with Gasteiger partial charge in [-0.2, -0.15) is 0 Å². The van der Waals surface area contributed by atoms with Crippen molar-refractivity contribution >= 4 is 19.9 Å². The molecule has 1 saturated carbocycles. The highest BCUT2D eigenvalue weighted by molar-refractivity contribution is 7.90. The van der Waals surface area contributed by atoms with Crippen LogP contribution in [0.25, 0.3) is 0 Å². The summed E-state index contributed by atoms with van der Waals surface area (Å²) in [7, 11) is -4.46. The molecule has 7 nitrogen and oxygen atoms in total. The Kier molecular flexibility index (Phi) is 6.21. The maximum absolute atomic E-state index is 13.3. The number of hydrogen-bond acceptors (Lipinski definition) is 5. The number of rotatable bonds is 6. The SMILES string of the molecule is Cc1nc(S(=O)(=O)Cc2cccc(S(=O)(=O)N(C)C)c2)n(C2CCCCC2)c1C. The van der Waals surface area contributed by atoms with Gasteiger partial charge in [0.05, 0.1) is 16.3 Å². The molecular weight excluding hydrogens is 410 g/mol. The Labute approximate surface area is 173 Å². The first-order chi connectivity index (χ1) is 13.5. The Morgan fingerprint density at radius 2 is 1.72 bits per heavy atom. The predicted molar refractivity (Wildman–Crippen MR) is 112 cm³/mol. The summed E-state index contributed by atoms with van der Waals surface area (Å²) in [5.74, 6) is -0.285. The molecule has 1 aliphatic carbocycles. The van der Waals surface area contributed by atoms with E-state index in [9.17, 15) is 16.8 Å². The van der Waals surface area contributed by atoms with Gasteiger partial charge in [0.2, 0.25) is 25.0 Å². The minimum atomic E-state index is -3.73. The van der Waals surface area contributed by atoms with Crippen molar-refractivity contribution < 1.29 is 16.8 Å². The van der Waals surface area contributed by atoms with Crippen molar-refractivity contribution in [3.8, 4) is 0 Å². The van der Waals surface area contributed by atoms with Crippen LogP contribution in [0.4, 0.5) is 0 Å². The predicted octanol–water partition coefficient (Wildman–Crippen LogP) is 3.23. The number of sulfone groups is 1. The number of imidazole rings is 1. The summed E-state index contributed by atoms with van der Waals surface area (Å²) in [6.45, 7) is 3.75. The lowest BCUT2D eigenvalue weighted by Crippen LogP contribution is -2.22. The number of aryl methyl sites for hydroxylation is 1. The average molecular weight is 440 g/mol. The molecule has 1 heterocycles. The van der Waals surface area contributed by atoms with Crippen molar-refractivity contribution in [2.24, 2.45) is 0 Å². The van der Waals surface area contributed by atoms with E-state index in [1.54, 1.807) is 12.1 Å². The topological polar surface area (TPSA) is 89.3 Å². The average Bonchev–Trinajstić information content (AvgIpc) is 2.98. The van der Waals surface area contributed by atoms with Crippen LogP contribution < -0.4 is 0 Å². The van der Waals surface area contributed by atoms with Gasteiger partial charge >= 0.3 is 0 Å². The van der Waals surface area contributed by atoms with E-state index >= 15 is 0 Å². The van der Waals surface area contributed by atoms with E-state index in [1.165, 1.54) is 32.6 Å². The molecule has 0 N–H and O–H groups in total. The molecule has 2 aromatic rings. The second-order valence-electron chi connectivity index (χ2n) is 7.92. The van der Waals surface area contributed by atoms with Crippen molar-refractivity contribution in [3.05, 3.63) is 41.2 Å². The maximum Gasteiger partial charge on any atom is 0.242 e. The van der Waals surface area contributed by atoms with Crippen molar-refractivity contribution in [2.75, 3.05) is 14.1 Å². The highest BCUT2D eigenvalue weighted by Crippen LogP contribution is 2.33. The molecule has 1 fully saturated rings. The van der Waals surface area contributed by atoms with Crippen LogP contribution in [0.5, 0.6) is 0 Å².